The van der Waals surface area contributed by atoms with E-state index in [1.807, 2.05) is 0 Å². The minimum atomic E-state index is -5.08. The lowest BCUT2D eigenvalue weighted by atomic mass is 10.1. The summed E-state index contributed by atoms with van der Waals surface area (Å²) < 4.78 is 73.4. The van der Waals surface area contributed by atoms with Crippen LogP contribution in [0.1, 0.15) is 6.42 Å². The zero-order chi connectivity index (χ0) is 22.2. The van der Waals surface area contributed by atoms with Gasteiger partial charge in [-0.15, -0.1) is 23.4 Å². The van der Waals surface area contributed by atoms with Gasteiger partial charge in [0.05, 0.1) is 5.52 Å². The van der Waals surface area contributed by atoms with Crippen LogP contribution in [0.4, 0.5) is 27.9 Å². The fourth-order valence-corrected chi connectivity index (χ4v) is 3.22. The molecule has 0 saturated carbocycles. The van der Waals surface area contributed by atoms with Crippen molar-refractivity contribution >= 4 is 17.4 Å². The number of anilines is 1. The van der Waals surface area contributed by atoms with E-state index in [9.17, 15) is 26.7 Å². The van der Waals surface area contributed by atoms with Gasteiger partial charge in [0.25, 0.3) is 0 Å². The molecule has 164 valence electrons. The number of nitrogens with one attached hydrogen (secondary N) is 2. The van der Waals surface area contributed by atoms with Crippen LogP contribution in [0.5, 0.6) is 11.5 Å². The number of carbonyl (C=O) groups is 1. The number of fused-ring (bicyclic) bond motifs is 1. The molecule has 1 fully saturated rings. The van der Waals surface area contributed by atoms with E-state index in [0.717, 1.165) is 12.1 Å². The quantitative estimate of drug-likeness (QED) is 0.569. The first kappa shape index (κ1) is 20.6. The van der Waals surface area contributed by atoms with Gasteiger partial charge in [-0.1, -0.05) is 0 Å². The summed E-state index contributed by atoms with van der Waals surface area (Å²) in [6.07, 6.45) is -2.97. The van der Waals surface area contributed by atoms with Gasteiger partial charge in [-0.2, -0.15) is 8.78 Å². The largest absolute Gasteiger partial charge is 0.573 e. The second-order valence-corrected chi connectivity index (χ2v) is 6.50. The molecule has 1 amide bonds. The van der Waals surface area contributed by atoms with E-state index in [-0.39, 0.29) is 23.1 Å². The van der Waals surface area contributed by atoms with Crippen molar-refractivity contribution in [2.75, 3.05) is 11.9 Å². The van der Waals surface area contributed by atoms with E-state index in [4.69, 9.17) is 0 Å². The Balaban J connectivity index is 1.76. The summed E-state index contributed by atoms with van der Waals surface area (Å²) >= 11 is 0. The maximum Gasteiger partial charge on any atom is 0.573 e. The average Bonchev–Trinajstić information content (AvgIpc) is 3.31. The van der Waals surface area contributed by atoms with Crippen LogP contribution < -0.4 is 20.1 Å². The molecular weight excluding hydrogens is 429 g/mol. The van der Waals surface area contributed by atoms with Gasteiger partial charge in [0.2, 0.25) is 11.9 Å². The lowest BCUT2D eigenvalue weighted by Gasteiger charge is -2.16. The maximum absolute atomic E-state index is 12.9. The fourth-order valence-electron chi connectivity index (χ4n) is 3.22. The topological polar surface area (TPSA) is 89.8 Å². The highest BCUT2D eigenvalue weighted by Gasteiger charge is 2.33. The molecule has 13 heteroatoms. The van der Waals surface area contributed by atoms with Crippen LogP contribution in [0.2, 0.25) is 0 Å². The molecule has 1 aliphatic rings. The Morgan fingerprint density at radius 1 is 1.23 bits per heavy atom. The number of nitrogens with zero attached hydrogens (tertiary/aromatic N) is 3. The van der Waals surface area contributed by atoms with E-state index in [1.165, 1.54) is 4.40 Å². The molecular formula is C18H14F5N5O3. The first-order chi connectivity index (χ1) is 14.7. The van der Waals surface area contributed by atoms with Crippen LogP contribution in [-0.4, -0.2) is 46.1 Å². The van der Waals surface area contributed by atoms with Crippen LogP contribution in [0.3, 0.4) is 0 Å². The molecule has 2 N–H and O–H groups in total. The first-order valence-electron chi connectivity index (χ1n) is 8.94. The standard InChI is InChI=1S/C18H14F5N5O3/c19-16(20)30-9-3-4-10(13(8-9)31-18(21,22)23)14-12-2-1-7-28(12)17(27-26-14)25-11-5-6-24-15(11)29/h1-4,7-8,11,16H,5-6H2,(H,24,29)(H,25,27). The predicted octanol–water partition coefficient (Wildman–Crippen LogP) is 3.20. The fraction of sp³-hybridized carbons (Fsp3) is 0.278. The summed E-state index contributed by atoms with van der Waals surface area (Å²) in [5.41, 5.74) is 0.222. The number of halogens is 5. The number of ether oxygens (including phenoxy) is 2. The van der Waals surface area contributed by atoms with E-state index < -0.39 is 30.5 Å². The number of hydrogen-bond donors (Lipinski definition) is 2. The number of alkyl halides is 5. The molecule has 31 heavy (non-hydrogen) atoms. The molecule has 3 aromatic rings. The van der Waals surface area contributed by atoms with Crippen molar-refractivity contribution in [3.63, 3.8) is 0 Å². The van der Waals surface area contributed by atoms with Crippen LogP contribution in [-0.2, 0) is 4.79 Å². The number of benzene rings is 1. The second-order valence-electron chi connectivity index (χ2n) is 6.50. The zero-order valence-electron chi connectivity index (χ0n) is 15.5. The van der Waals surface area contributed by atoms with E-state index in [2.05, 4.69) is 30.3 Å². The van der Waals surface area contributed by atoms with Gasteiger partial charge in [-0.05, 0) is 30.7 Å². The molecule has 8 nitrogen and oxygen atoms in total. The highest BCUT2D eigenvalue weighted by Crippen LogP contribution is 2.38. The Bertz CT molecular complexity index is 1120. The monoisotopic (exact) mass is 443 g/mol. The van der Waals surface area contributed by atoms with Gasteiger partial charge in [-0.3, -0.25) is 9.20 Å². The molecule has 1 unspecified atom stereocenters. The first-order valence-corrected chi connectivity index (χ1v) is 8.94. The summed E-state index contributed by atoms with van der Waals surface area (Å²) in [7, 11) is 0. The highest BCUT2D eigenvalue weighted by molar-refractivity contribution is 5.86. The normalized spacial score (nSPS) is 16.6. The van der Waals surface area contributed by atoms with Crippen molar-refractivity contribution in [2.24, 2.45) is 0 Å². The zero-order valence-corrected chi connectivity index (χ0v) is 15.5. The summed E-state index contributed by atoms with van der Waals surface area (Å²) in [4.78, 5) is 11.8. The van der Waals surface area contributed by atoms with Crippen molar-refractivity contribution in [3.8, 4) is 22.8 Å². The van der Waals surface area contributed by atoms with Gasteiger partial charge in [0.15, 0.2) is 0 Å². The predicted molar refractivity (Wildman–Crippen MR) is 96.8 cm³/mol. The Morgan fingerprint density at radius 2 is 2.03 bits per heavy atom. The van der Waals surface area contributed by atoms with Crippen molar-refractivity contribution in [1.29, 1.82) is 0 Å². The van der Waals surface area contributed by atoms with Crippen LogP contribution in [0, 0.1) is 0 Å². The minimum absolute atomic E-state index is 0.00858. The maximum atomic E-state index is 12.9. The third-order valence-electron chi connectivity index (χ3n) is 4.48. The van der Waals surface area contributed by atoms with Crippen molar-refractivity contribution in [2.45, 2.75) is 25.4 Å². The number of rotatable bonds is 6. The second kappa shape index (κ2) is 7.89. The Labute approximate surface area is 171 Å². The Morgan fingerprint density at radius 3 is 2.71 bits per heavy atom. The van der Waals surface area contributed by atoms with Crippen LogP contribution >= 0.6 is 0 Å². The van der Waals surface area contributed by atoms with E-state index >= 15 is 0 Å². The summed E-state index contributed by atoms with van der Waals surface area (Å²) in [5, 5.41) is 13.6. The molecule has 0 radical (unpaired) electrons. The van der Waals surface area contributed by atoms with Crippen molar-refractivity contribution in [3.05, 3.63) is 36.5 Å². The number of amides is 1. The summed E-state index contributed by atoms with van der Waals surface area (Å²) in [6, 6.07) is 5.55. The van der Waals surface area contributed by atoms with Crippen molar-refractivity contribution < 1.29 is 36.2 Å². The molecule has 1 atom stereocenters. The molecule has 1 aromatic carbocycles. The van der Waals surface area contributed by atoms with E-state index in [1.54, 1.807) is 18.3 Å². The summed E-state index contributed by atoms with van der Waals surface area (Å²) in [6.45, 7) is -2.72. The Hall–Kier alpha value is -3.64. The lowest BCUT2D eigenvalue weighted by molar-refractivity contribution is -0.274. The third kappa shape index (κ3) is 4.44. The lowest BCUT2D eigenvalue weighted by Crippen LogP contribution is -2.30. The highest BCUT2D eigenvalue weighted by atomic mass is 19.4. The van der Waals surface area contributed by atoms with Crippen LogP contribution in [0.25, 0.3) is 16.8 Å². The molecule has 2 aromatic heterocycles. The minimum Gasteiger partial charge on any atom is -0.435 e. The third-order valence-corrected chi connectivity index (χ3v) is 4.48. The molecule has 3 heterocycles. The van der Waals surface area contributed by atoms with Gasteiger partial charge < -0.3 is 20.1 Å². The Kier molecular flexibility index (Phi) is 5.25. The smallest absolute Gasteiger partial charge is 0.435 e. The average molecular weight is 443 g/mol. The van der Waals surface area contributed by atoms with Gasteiger partial charge in [0.1, 0.15) is 23.2 Å². The number of hydrogen-bond acceptors (Lipinski definition) is 6. The molecule has 0 aliphatic carbocycles. The molecule has 4 rings (SSSR count). The molecule has 0 bridgehead atoms. The number of carbonyl (C=O) groups excluding carboxylic acids is 1. The van der Waals surface area contributed by atoms with E-state index in [0.29, 0.717) is 24.5 Å². The molecule has 1 aliphatic heterocycles. The van der Waals surface area contributed by atoms with Gasteiger partial charge >= 0.3 is 13.0 Å². The van der Waals surface area contributed by atoms with Crippen molar-refractivity contribution in [1.82, 2.24) is 19.9 Å². The molecule has 1 saturated heterocycles. The summed E-state index contributed by atoms with van der Waals surface area (Å²) in [5.74, 6) is -1.29. The van der Waals surface area contributed by atoms with Gasteiger partial charge in [-0.25, -0.2) is 0 Å². The molecule has 0 spiro atoms. The van der Waals surface area contributed by atoms with Crippen LogP contribution in [0.15, 0.2) is 36.5 Å². The SMILES string of the molecule is O=C1NCCC1Nc1nnc(-c2ccc(OC(F)F)cc2OC(F)(F)F)c2cccn12. The van der Waals surface area contributed by atoms with Gasteiger partial charge in [0, 0.05) is 24.4 Å². The number of aromatic nitrogens is 3.